The number of hydrogen-bond acceptors (Lipinski definition) is 3. The van der Waals surface area contributed by atoms with Crippen molar-refractivity contribution in [2.24, 2.45) is 0 Å². The van der Waals surface area contributed by atoms with E-state index in [0.29, 0.717) is 6.61 Å². The van der Waals surface area contributed by atoms with Crippen LogP contribution in [0.2, 0.25) is 0 Å². The lowest BCUT2D eigenvalue weighted by atomic mass is 9.96. The first kappa shape index (κ1) is 14.6. The lowest BCUT2D eigenvalue weighted by Crippen LogP contribution is -2.16. The molecule has 3 nitrogen and oxygen atoms in total. The lowest BCUT2D eigenvalue weighted by molar-refractivity contribution is -0.145. The second kappa shape index (κ2) is 7.75. The number of ether oxygens (including phenoxy) is 2. The van der Waals surface area contributed by atoms with Gasteiger partial charge in [0.15, 0.2) is 0 Å². The summed E-state index contributed by atoms with van der Waals surface area (Å²) in [6, 6.07) is 7.61. The van der Waals surface area contributed by atoms with Gasteiger partial charge in [0.25, 0.3) is 0 Å². The number of unbranched alkanes of at least 4 members (excludes halogenated alkanes) is 1. The molecule has 0 fully saturated rings. The summed E-state index contributed by atoms with van der Waals surface area (Å²) in [5.74, 6) is 0.434. The van der Waals surface area contributed by atoms with Gasteiger partial charge in [-0.3, -0.25) is 4.79 Å². The molecule has 0 saturated carbocycles. The predicted octanol–water partition coefficient (Wildman–Crippen LogP) is 3.53. The van der Waals surface area contributed by atoms with E-state index in [1.54, 1.807) is 7.11 Å². The highest BCUT2D eigenvalue weighted by Gasteiger charge is 2.20. The molecular formula is C15H22O3. The molecule has 0 aromatic heterocycles. The quantitative estimate of drug-likeness (QED) is 0.548. The lowest BCUT2D eigenvalue weighted by Gasteiger charge is -2.15. The van der Waals surface area contributed by atoms with Gasteiger partial charge in [-0.05, 0) is 30.5 Å². The summed E-state index contributed by atoms with van der Waals surface area (Å²) >= 11 is 0. The highest BCUT2D eigenvalue weighted by atomic mass is 16.5. The van der Waals surface area contributed by atoms with Gasteiger partial charge >= 0.3 is 5.97 Å². The minimum atomic E-state index is -0.197. The van der Waals surface area contributed by atoms with E-state index in [-0.39, 0.29) is 11.9 Å². The van der Waals surface area contributed by atoms with E-state index in [1.165, 1.54) is 0 Å². The zero-order chi connectivity index (χ0) is 13.4. The fourth-order valence-corrected chi connectivity index (χ4v) is 1.81. The van der Waals surface area contributed by atoms with Crippen LogP contribution in [0.1, 0.15) is 44.6 Å². The molecule has 0 bridgehead atoms. The van der Waals surface area contributed by atoms with E-state index in [0.717, 1.165) is 30.6 Å². The third kappa shape index (κ3) is 4.06. The van der Waals surface area contributed by atoms with Gasteiger partial charge in [-0.1, -0.05) is 32.4 Å². The molecule has 1 aromatic carbocycles. The molecule has 0 aliphatic heterocycles. The van der Waals surface area contributed by atoms with Crippen molar-refractivity contribution >= 4 is 5.97 Å². The van der Waals surface area contributed by atoms with Gasteiger partial charge < -0.3 is 9.47 Å². The average Bonchev–Trinajstić information content (AvgIpc) is 2.40. The van der Waals surface area contributed by atoms with Crippen molar-refractivity contribution in [1.29, 1.82) is 0 Å². The van der Waals surface area contributed by atoms with Crippen LogP contribution in [-0.4, -0.2) is 19.7 Å². The topological polar surface area (TPSA) is 35.5 Å². The minimum absolute atomic E-state index is 0.140. The maximum atomic E-state index is 12.0. The van der Waals surface area contributed by atoms with Crippen molar-refractivity contribution in [3.63, 3.8) is 0 Å². The third-order valence-corrected chi connectivity index (χ3v) is 2.93. The number of benzene rings is 1. The Balaban J connectivity index is 2.72. The molecule has 0 aliphatic carbocycles. The smallest absolute Gasteiger partial charge is 0.313 e. The zero-order valence-electron chi connectivity index (χ0n) is 11.4. The van der Waals surface area contributed by atoms with Crippen molar-refractivity contribution in [1.82, 2.24) is 0 Å². The molecule has 1 aromatic rings. The second-order valence-electron chi connectivity index (χ2n) is 4.26. The van der Waals surface area contributed by atoms with E-state index in [1.807, 2.05) is 31.2 Å². The molecule has 3 heteroatoms. The van der Waals surface area contributed by atoms with E-state index >= 15 is 0 Å². The molecule has 0 spiro atoms. The summed E-state index contributed by atoms with van der Waals surface area (Å²) < 4.78 is 10.5. The SMILES string of the molecule is CCCCOC(=O)C(CC)c1cccc(OC)c1. The first-order valence-corrected chi connectivity index (χ1v) is 6.53. The predicted molar refractivity (Wildman–Crippen MR) is 71.9 cm³/mol. The molecule has 1 rings (SSSR count). The number of esters is 1. The number of carbonyl (C=O) groups excluding carboxylic acids is 1. The molecule has 100 valence electrons. The molecule has 18 heavy (non-hydrogen) atoms. The normalized spacial score (nSPS) is 11.9. The molecule has 0 N–H and O–H groups in total. The van der Waals surface area contributed by atoms with Crippen molar-refractivity contribution in [2.45, 2.75) is 39.0 Å². The Morgan fingerprint density at radius 3 is 2.72 bits per heavy atom. The van der Waals surface area contributed by atoms with Crippen LogP contribution in [0.5, 0.6) is 5.75 Å². The van der Waals surface area contributed by atoms with Crippen molar-refractivity contribution in [2.75, 3.05) is 13.7 Å². The van der Waals surface area contributed by atoms with E-state index in [9.17, 15) is 4.79 Å². The number of methoxy groups -OCH3 is 1. The van der Waals surface area contributed by atoms with E-state index in [2.05, 4.69) is 6.92 Å². The summed E-state index contributed by atoms with van der Waals surface area (Å²) in [5, 5.41) is 0. The second-order valence-corrected chi connectivity index (χ2v) is 4.26. The number of carbonyl (C=O) groups is 1. The van der Waals surface area contributed by atoms with Crippen LogP contribution in [0.4, 0.5) is 0 Å². The van der Waals surface area contributed by atoms with Gasteiger partial charge in [-0.25, -0.2) is 0 Å². The Bertz CT molecular complexity index is 374. The van der Waals surface area contributed by atoms with Crippen LogP contribution in [0.3, 0.4) is 0 Å². The third-order valence-electron chi connectivity index (χ3n) is 2.93. The van der Waals surface area contributed by atoms with Gasteiger partial charge in [-0.2, -0.15) is 0 Å². The summed E-state index contributed by atoms with van der Waals surface area (Å²) in [6.45, 7) is 4.58. The fraction of sp³-hybridized carbons (Fsp3) is 0.533. The molecule has 1 unspecified atom stereocenters. The molecule has 0 aliphatic rings. The first-order valence-electron chi connectivity index (χ1n) is 6.53. The number of rotatable bonds is 7. The van der Waals surface area contributed by atoms with Crippen LogP contribution < -0.4 is 4.74 Å². The Labute approximate surface area is 109 Å². The Kier molecular flexibility index (Phi) is 6.26. The number of hydrogen-bond donors (Lipinski definition) is 0. The standard InChI is InChI=1S/C15H22O3/c1-4-6-10-18-15(16)14(5-2)12-8-7-9-13(11-12)17-3/h7-9,11,14H,4-6,10H2,1-3H3. The van der Waals surface area contributed by atoms with Gasteiger partial charge in [-0.15, -0.1) is 0 Å². The Morgan fingerprint density at radius 1 is 1.33 bits per heavy atom. The van der Waals surface area contributed by atoms with Crippen LogP contribution in [0, 0.1) is 0 Å². The van der Waals surface area contributed by atoms with Crippen molar-refractivity contribution in [3.8, 4) is 5.75 Å². The summed E-state index contributed by atoms with van der Waals surface area (Å²) in [5.41, 5.74) is 0.957. The maximum absolute atomic E-state index is 12.0. The van der Waals surface area contributed by atoms with Gasteiger partial charge in [0.05, 0.1) is 19.6 Å². The largest absolute Gasteiger partial charge is 0.497 e. The summed E-state index contributed by atoms with van der Waals surface area (Å²) in [7, 11) is 1.62. The van der Waals surface area contributed by atoms with Gasteiger partial charge in [0, 0.05) is 0 Å². The van der Waals surface area contributed by atoms with E-state index in [4.69, 9.17) is 9.47 Å². The molecule has 0 radical (unpaired) electrons. The van der Waals surface area contributed by atoms with Crippen LogP contribution in [0.15, 0.2) is 24.3 Å². The first-order chi connectivity index (χ1) is 8.72. The van der Waals surface area contributed by atoms with Crippen LogP contribution in [-0.2, 0) is 9.53 Å². The molecule has 0 saturated heterocycles. The Hall–Kier alpha value is -1.51. The molecular weight excluding hydrogens is 228 g/mol. The summed E-state index contributed by atoms with van der Waals surface area (Å²) in [4.78, 5) is 12.0. The highest BCUT2D eigenvalue weighted by molar-refractivity contribution is 5.78. The van der Waals surface area contributed by atoms with Crippen LogP contribution in [0.25, 0.3) is 0 Å². The van der Waals surface area contributed by atoms with Gasteiger partial charge in [0.2, 0.25) is 0 Å². The molecule has 1 atom stereocenters. The zero-order valence-corrected chi connectivity index (χ0v) is 11.4. The molecule has 0 amide bonds. The van der Waals surface area contributed by atoms with Crippen molar-refractivity contribution in [3.05, 3.63) is 29.8 Å². The monoisotopic (exact) mass is 250 g/mol. The average molecular weight is 250 g/mol. The fourth-order valence-electron chi connectivity index (χ4n) is 1.81. The van der Waals surface area contributed by atoms with Crippen LogP contribution >= 0.6 is 0 Å². The Morgan fingerprint density at radius 2 is 2.11 bits per heavy atom. The maximum Gasteiger partial charge on any atom is 0.313 e. The van der Waals surface area contributed by atoms with Crippen molar-refractivity contribution < 1.29 is 14.3 Å². The minimum Gasteiger partial charge on any atom is -0.497 e. The van der Waals surface area contributed by atoms with Gasteiger partial charge in [0.1, 0.15) is 5.75 Å². The summed E-state index contributed by atoms with van der Waals surface area (Å²) in [6.07, 6.45) is 2.68. The van der Waals surface area contributed by atoms with E-state index < -0.39 is 0 Å². The molecule has 0 heterocycles. The highest BCUT2D eigenvalue weighted by Crippen LogP contribution is 2.24.